The molecule has 1 heterocycles. The first-order valence-electron chi connectivity index (χ1n) is 7.87. The Morgan fingerprint density at radius 2 is 1.85 bits per heavy atom. The molecule has 0 N–H and O–H groups in total. The second kappa shape index (κ2) is 8.58. The molecule has 0 fully saturated rings. The van der Waals surface area contributed by atoms with Crippen LogP contribution in [0.1, 0.15) is 62.0 Å². The Bertz CT molecular complexity index is 407. The Labute approximate surface area is 128 Å². The van der Waals surface area contributed by atoms with Gasteiger partial charge in [0.25, 0.3) is 0 Å². The number of rotatable bonds is 9. The van der Waals surface area contributed by atoms with Crippen molar-refractivity contribution in [1.29, 1.82) is 0 Å². The van der Waals surface area contributed by atoms with Gasteiger partial charge in [-0.25, -0.2) is 0 Å². The van der Waals surface area contributed by atoms with Crippen molar-refractivity contribution >= 4 is 17.1 Å². The first-order chi connectivity index (χ1) is 9.51. The fourth-order valence-corrected chi connectivity index (χ4v) is 3.47. The van der Waals surface area contributed by atoms with Gasteiger partial charge in [-0.1, -0.05) is 34.6 Å². The number of carbonyl (C=O) groups is 1. The normalized spacial score (nSPS) is 11.8. The van der Waals surface area contributed by atoms with Crippen LogP contribution in [-0.4, -0.2) is 29.8 Å². The highest BCUT2D eigenvalue weighted by atomic mass is 32.1. The molecule has 20 heavy (non-hydrogen) atoms. The minimum absolute atomic E-state index is 0.280. The van der Waals surface area contributed by atoms with E-state index < -0.39 is 0 Å². The highest BCUT2D eigenvalue weighted by molar-refractivity contribution is 7.14. The van der Waals surface area contributed by atoms with Gasteiger partial charge in [-0.05, 0) is 37.3 Å². The molecule has 0 aliphatic rings. The van der Waals surface area contributed by atoms with Crippen LogP contribution in [0.5, 0.6) is 0 Å². The molecule has 0 amide bonds. The van der Waals surface area contributed by atoms with Crippen molar-refractivity contribution in [2.75, 3.05) is 13.1 Å². The summed E-state index contributed by atoms with van der Waals surface area (Å²) in [5.74, 6) is 0.875. The molecule has 0 saturated carbocycles. The Morgan fingerprint density at radius 1 is 1.20 bits per heavy atom. The first kappa shape index (κ1) is 17.4. The maximum absolute atomic E-state index is 12.5. The van der Waals surface area contributed by atoms with Crippen molar-refractivity contribution in [3.63, 3.8) is 0 Å². The maximum Gasteiger partial charge on any atom is 0.186 e. The maximum atomic E-state index is 12.5. The third kappa shape index (κ3) is 5.02. The second-order valence-corrected chi connectivity index (χ2v) is 7.00. The van der Waals surface area contributed by atoms with E-state index in [-0.39, 0.29) is 5.78 Å². The van der Waals surface area contributed by atoms with Crippen molar-refractivity contribution in [2.45, 2.75) is 59.9 Å². The predicted molar refractivity (Wildman–Crippen MR) is 88.8 cm³/mol. The van der Waals surface area contributed by atoms with E-state index in [1.165, 1.54) is 4.88 Å². The molecule has 0 unspecified atom stereocenters. The average Bonchev–Trinajstić information content (AvgIpc) is 2.88. The van der Waals surface area contributed by atoms with Crippen molar-refractivity contribution in [3.05, 3.63) is 21.9 Å². The largest absolute Gasteiger partial charge is 0.293 e. The van der Waals surface area contributed by atoms with Crippen molar-refractivity contribution in [1.82, 2.24) is 4.90 Å². The van der Waals surface area contributed by atoms with Gasteiger partial charge in [-0.15, -0.1) is 11.3 Å². The van der Waals surface area contributed by atoms with Crippen LogP contribution in [0.3, 0.4) is 0 Å². The SMILES string of the molecule is CCc1ccc(C(=O)CN(CC(C)C)C(CC)CC)s1. The zero-order valence-electron chi connectivity index (χ0n) is 13.6. The fraction of sp³-hybridized carbons (Fsp3) is 0.706. The van der Waals surface area contributed by atoms with Gasteiger partial charge in [-0.3, -0.25) is 9.69 Å². The summed E-state index contributed by atoms with van der Waals surface area (Å²) in [6.45, 7) is 12.6. The highest BCUT2D eigenvalue weighted by Crippen LogP contribution is 2.19. The number of hydrogen-bond acceptors (Lipinski definition) is 3. The molecule has 3 heteroatoms. The summed E-state index contributed by atoms with van der Waals surface area (Å²) in [4.78, 5) is 17.1. The predicted octanol–water partition coefficient (Wildman–Crippen LogP) is 4.64. The summed E-state index contributed by atoms with van der Waals surface area (Å²) in [5, 5.41) is 0. The monoisotopic (exact) mass is 295 g/mol. The molecule has 1 rings (SSSR count). The average molecular weight is 295 g/mol. The Kier molecular flexibility index (Phi) is 7.46. The van der Waals surface area contributed by atoms with E-state index in [0.717, 1.165) is 30.7 Å². The Morgan fingerprint density at radius 3 is 2.30 bits per heavy atom. The molecule has 0 aliphatic carbocycles. The third-order valence-electron chi connectivity index (χ3n) is 3.69. The van der Waals surface area contributed by atoms with Crippen LogP contribution in [-0.2, 0) is 6.42 Å². The lowest BCUT2D eigenvalue weighted by atomic mass is 10.1. The first-order valence-corrected chi connectivity index (χ1v) is 8.69. The molecule has 0 radical (unpaired) electrons. The van der Waals surface area contributed by atoms with E-state index in [2.05, 4.69) is 45.6 Å². The van der Waals surface area contributed by atoms with Gasteiger partial charge in [0.2, 0.25) is 0 Å². The van der Waals surface area contributed by atoms with Crippen LogP contribution in [0.15, 0.2) is 12.1 Å². The van der Waals surface area contributed by atoms with E-state index in [9.17, 15) is 4.79 Å². The molecule has 114 valence electrons. The van der Waals surface area contributed by atoms with Crippen LogP contribution in [0.25, 0.3) is 0 Å². The number of aryl methyl sites for hydroxylation is 1. The standard InChI is InChI=1S/C17H29NOS/c1-6-14(7-2)18(11-13(4)5)12-16(19)17-10-9-15(8-3)20-17/h9-10,13-14H,6-8,11-12H2,1-5H3. The van der Waals surface area contributed by atoms with Gasteiger partial charge in [0.15, 0.2) is 5.78 Å². The molecule has 1 aromatic rings. The van der Waals surface area contributed by atoms with Gasteiger partial charge in [0, 0.05) is 17.5 Å². The lowest BCUT2D eigenvalue weighted by Crippen LogP contribution is -2.40. The van der Waals surface area contributed by atoms with Crippen LogP contribution in [0.4, 0.5) is 0 Å². The minimum atomic E-state index is 0.280. The molecule has 2 nitrogen and oxygen atoms in total. The summed E-state index contributed by atoms with van der Waals surface area (Å²) in [5.41, 5.74) is 0. The smallest absolute Gasteiger partial charge is 0.186 e. The van der Waals surface area contributed by atoms with Crippen LogP contribution in [0.2, 0.25) is 0 Å². The summed E-state index contributed by atoms with van der Waals surface area (Å²) in [7, 11) is 0. The number of ketones is 1. The van der Waals surface area contributed by atoms with Crippen molar-refractivity contribution in [3.8, 4) is 0 Å². The number of hydrogen-bond donors (Lipinski definition) is 0. The summed E-state index contributed by atoms with van der Waals surface area (Å²) in [6.07, 6.45) is 3.24. The van der Waals surface area contributed by atoms with Crippen LogP contribution >= 0.6 is 11.3 Å². The van der Waals surface area contributed by atoms with Crippen LogP contribution < -0.4 is 0 Å². The number of thiophene rings is 1. The van der Waals surface area contributed by atoms with Crippen molar-refractivity contribution in [2.24, 2.45) is 5.92 Å². The molecule has 0 aliphatic heterocycles. The van der Waals surface area contributed by atoms with E-state index >= 15 is 0 Å². The molecule has 1 aromatic heterocycles. The number of carbonyl (C=O) groups excluding carboxylic acids is 1. The summed E-state index contributed by atoms with van der Waals surface area (Å²) in [6, 6.07) is 4.60. The van der Waals surface area contributed by atoms with E-state index in [0.29, 0.717) is 18.5 Å². The second-order valence-electron chi connectivity index (χ2n) is 5.84. The van der Waals surface area contributed by atoms with Gasteiger partial charge < -0.3 is 0 Å². The highest BCUT2D eigenvalue weighted by Gasteiger charge is 2.20. The van der Waals surface area contributed by atoms with Gasteiger partial charge >= 0.3 is 0 Å². The molecule has 0 bridgehead atoms. The molecular weight excluding hydrogens is 266 g/mol. The van der Waals surface area contributed by atoms with Crippen molar-refractivity contribution < 1.29 is 4.79 Å². The molecule has 0 spiro atoms. The molecule has 0 atom stereocenters. The molecule has 0 aromatic carbocycles. The molecule has 0 saturated heterocycles. The fourth-order valence-electron chi connectivity index (χ4n) is 2.60. The van der Waals surface area contributed by atoms with E-state index in [4.69, 9.17) is 0 Å². The van der Waals surface area contributed by atoms with E-state index in [1.54, 1.807) is 11.3 Å². The number of Topliss-reactive ketones (excluding diaryl/α,β-unsaturated/α-hetero) is 1. The third-order valence-corrected chi connectivity index (χ3v) is 4.96. The Hall–Kier alpha value is -0.670. The number of nitrogens with zero attached hydrogens (tertiary/aromatic N) is 1. The van der Waals surface area contributed by atoms with Gasteiger partial charge in [0.1, 0.15) is 0 Å². The quantitative estimate of drug-likeness (QED) is 0.619. The minimum Gasteiger partial charge on any atom is -0.293 e. The zero-order chi connectivity index (χ0) is 15.1. The van der Waals surface area contributed by atoms with Crippen LogP contribution in [0, 0.1) is 5.92 Å². The van der Waals surface area contributed by atoms with Gasteiger partial charge in [-0.2, -0.15) is 0 Å². The lowest BCUT2D eigenvalue weighted by molar-refractivity contribution is 0.0870. The summed E-state index contributed by atoms with van der Waals surface area (Å²) < 4.78 is 0. The Balaban J connectivity index is 2.74. The summed E-state index contributed by atoms with van der Waals surface area (Å²) >= 11 is 1.65. The zero-order valence-corrected chi connectivity index (χ0v) is 14.4. The topological polar surface area (TPSA) is 20.3 Å². The molecular formula is C17H29NOS. The lowest BCUT2D eigenvalue weighted by Gasteiger charge is -2.31. The van der Waals surface area contributed by atoms with Gasteiger partial charge in [0.05, 0.1) is 11.4 Å². The van der Waals surface area contributed by atoms with E-state index in [1.807, 2.05) is 6.07 Å².